The molecule has 0 saturated heterocycles. The van der Waals surface area contributed by atoms with Gasteiger partial charge in [0.2, 0.25) is 5.89 Å². The second kappa shape index (κ2) is 7.32. The molecule has 1 saturated carbocycles. The van der Waals surface area contributed by atoms with E-state index in [1.165, 1.54) is 12.8 Å². The molecule has 139 valence electrons. The van der Waals surface area contributed by atoms with Crippen LogP contribution in [0.15, 0.2) is 69.6 Å². The number of hydrogen-bond donors (Lipinski definition) is 0. The van der Waals surface area contributed by atoms with Crippen molar-refractivity contribution in [2.75, 3.05) is 6.61 Å². The maximum atomic E-state index is 6.01. The van der Waals surface area contributed by atoms with E-state index in [4.69, 9.17) is 13.9 Å². The number of fused-ring (bicyclic) bond motifs is 1. The fraction of sp³-hybridized carbons (Fsp3) is 0.174. The molecule has 1 aliphatic rings. The summed E-state index contributed by atoms with van der Waals surface area (Å²) in [6, 6.07) is 22.0. The van der Waals surface area contributed by atoms with Crippen molar-refractivity contribution in [1.82, 2.24) is 4.98 Å². The van der Waals surface area contributed by atoms with Crippen molar-refractivity contribution in [2.45, 2.75) is 12.8 Å². The molecule has 1 heterocycles. The third-order valence-corrected chi connectivity index (χ3v) is 5.28. The van der Waals surface area contributed by atoms with Gasteiger partial charge in [0, 0.05) is 10.5 Å². The molecule has 28 heavy (non-hydrogen) atoms. The second-order valence-corrected chi connectivity index (χ2v) is 7.74. The van der Waals surface area contributed by atoms with Crippen molar-refractivity contribution in [2.24, 2.45) is 5.92 Å². The number of aromatic nitrogens is 1. The van der Waals surface area contributed by atoms with Crippen LogP contribution >= 0.6 is 15.9 Å². The number of rotatable bonds is 6. The van der Waals surface area contributed by atoms with E-state index in [9.17, 15) is 0 Å². The molecule has 5 rings (SSSR count). The lowest BCUT2D eigenvalue weighted by Gasteiger charge is -2.10. The Morgan fingerprint density at radius 3 is 2.75 bits per heavy atom. The molecule has 0 amide bonds. The summed E-state index contributed by atoms with van der Waals surface area (Å²) in [7, 11) is 0. The Kier molecular flexibility index (Phi) is 4.53. The zero-order chi connectivity index (χ0) is 18.9. The summed E-state index contributed by atoms with van der Waals surface area (Å²) in [4.78, 5) is 4.53. The standard InChI is InChI=1S/C23H17BrNO3/c24-20-13-18(27-17-5-3-4-16(12-17)26-14-15-8-9-15)10-11-19(20)23-25-21-6-1-2-7-22(21)28-23/h1,3-7,10-13,15H,8-9,14H2. The summed E-state index contributed by atoms with van der Waals surface area (Å²) in [6.45, 7) is 0.784. The van der Waals surface area contributed by atoms with Crippen molar-refractivity contribution in [3.8, 4) is 28.7 Å². The van der Waals surface area contributed by atoms with Crippen LogP contribution in [-0.4, -0.2) is 11.6 Å². The number of oxazole rings is 1. The van der Waals surface area contributed by atoms with Gasteiger partial charge < -0.3 is 13.9 Å². The van der Waals surface area contributed by atoms with Crippen LogP contribution in [0.2, 0.25) is 0 Å². The van der Waals surface area contributed by atoms with Crippen LogP contribution in [0.4, 0.5) is 0 Å². The van der Waals surface area contributed by atoms with E-state index < -0.39 is 0 Å². The van der Waals surface area contributed by atoms with Crippen molar-refractivity contribution in [3.05, 3.63) is 71.2 Å². The highest BCUT2D eigenvalue weighted by Gasteiger charge is 2.22. The number of nitrogens with zero attached hydrogens (tertiary/aromatic N) is 1. The molecule has 4 nitrogen and oxygen atoms in total. The van der Waals surface area contributed by atoms with Gasteiger partial charge >= 0.3 is 0 Å². The van der Waals surface area contributed by atoms with Gasteiger partial charge in [-0.15, -0.1) is 0 Å². The minimum absolute atomic E-state index is 0.559. The van der Waals surface area contributed by atoms with Gasteiger partial charge in [0.15, 0.2) is 5.58 Å². The first-order valence-electron chi connectivity index (χ1n) is 9.22. The van der Waals surface area contributed by atoms with Gasteiger partial charge in [-0.1, -0.05) is 12.1 Å². The third kappa shape index (κ3) is 3.76. The van der Waals surface area contributed by atoms with Gasteiger partial charge in [0.1, 0.15) is 22.8 Å². The van der Waals surface area contributed by atoms with Crippen LogP contribution in [-0.2, 0) is 0 Å². The van der Waals surface area contributed by atoms with E-state index in [1.54, 1.807) is 6.07 Å². The lowest BCUT2D eigenvalue weighted by Crippen LogP contribution is -1.98. The minimum atomic E-state index is 0.559. The van der Waals surface area contributed by atoms with Crippen molar-refractivity contribution in [3.63, 3.8) is 0 Å². The Morgan fingerprint density at radius 1 is 1.07 bits per heavy atom. The first-order valence-corrected chi connectivity index (χ1v) is 10.0. The predicted molar refractivity (Wildman–Crippen MR) is 111 cm³/mol. The summed E-state index contributed by atoms with van der Waals surface area (Å²) in [5, 5.41) is 0. The van der Waals surface area contributed by atoms with E-state index in [0.717, 1.165) is 45.3 Å². The molecule has 1 aliphatic carbocycles. The molecule has 0 atom stereocenters. The molecule has 4 aromatic rings. The molecule has 3 aromatic carbocycles. The van der Waals surface area contributed by atoms with Gasteiger partial charge in [-0.05, 0) is 83.2 Å². The number of ether oxygens (including phenoxy) is 2. The smallest absolute Gasteiger partial charge is 0.228 e. The largest absolute Gasteiger partial charge is 0.493 e. The molecule has 5 heteroatoms. The maximum absolute atomic E-state index is 6.01. The van der Waals surface area contributed by atoms with Gasteiger partial charge in [-0.2, -0.15) is 0 Å². The maximum Gasteiger partial charge on any atom is 0.228 e. The Balaban J connectivity index is 1.35. The summed E-state index contributed by atoms with van der Waals surface area (Å²) in [5.74, 6) is 3.58. The highest BCUT2D eigenvalue weighted by atomic mass is 79.9. The molecule has 1 fully saturated rings. The topological polar surface area (TPSA) is 44.5 Å². The van der Waals surface area contributed by atoms with Gasteiger partial charge in [-0.25, -0.2) is 4.98 Å². The molecule has 1 aromatic heterocycles. The fourth-order valence-corrected chi connectivity index (χ4v) is 3.45. The van der Waals surface area contributed by atoms with Gasteiger partial charge in [0.05, 0.1) is 12.2 Å². The quantitative estimate of drug-likeness (QED) is 0.341. The first kappa shape index (κ1) is 17.3. The van der Waals surface area contributed by atoms with E-state index >= 15 is 0 Å². The van der Waals surface area contributed by atoms with Crippen LogP contribution in [0.3, 0.4) is 0 Å². The van der Waals surface area contributed by atoms with Gasteiger partial charge in [0.25, 0.3) is 0 Å². The van der Waals surface area contributed by atoms with Crippen molar-refractivity contribution >= 4 is 27.0 Å². The highest BCUT2D eigenvalue weighted by molar-refractivity contribution is 9.10. The van der Waals surface area contributed by atoms with E-state index in [1.807, 2.05) is 54.6 Å². The molecule has 1 radical (unpaired) electrons. The SMILES string of the molecule is Brc1cc(Oc2cccc(OCC3CC3)c2)ccc1-c1nc2cc[c]cc2o1. The molecule has 0 spiro atoms. The van der Waals surface area contributed by atoms with E-state index in [2.05, 4.69) is 27.0 Å². The minimum Gasteiger partial charge on any atom is -0.493 e. The zero-order valence-corrected chi connectivity index (χ0v) is 16.6. The van der Waals surface area contributed by atoms with Crippen LogP contribution in [0.1, 0.15) is 12.8 Å². The van der Waals surface area contributed by atoms with E-state index in [-0.39, 0.29) is 0 Å². The Morgan fingerprint density at radius 2 is 1.93 bits per heavy atom. The average molecular weight is 435 g/mol. The molecule has 0 N–H and O–H groups in total. The molecule has 0 aliphatic heterocycles. The summed E-state index contributed by atoms with van der Waals surface area (Å²) in [6.07, 6.45) is 2.55. The molecule has 0 bridgehead atoms. The lowest BCUT2D eigenvalue weighted by molar-refractivity contribution is 0.298. The fourth-order valence-electron chi connectivity index (χ4n) is 2.93. The van der Waals surface area contributed by atoms with Crippen LogP contribution in [0, 0.1) is 12.0 Å². The normalized spacial score (nSPS) is 13.6. The Labute approximate surface area is 171 Å². The Bertz CT molecular complexity index is 1100. The summed E-state index contributed by atoms with van der Waals surface area (Å²) < 4.78 is 18.5. The van der Waals surface area contributed by atoms with Crippen LogP contribution in [0.5, 0.6) is 17.2 Å². The lowest BCUT2D eigenvalue weighted by atomic mass is 10.2. The van der Waals surface area contributed by atoms with Crippen molar-refractivity contribution in [1.29, 1.82) is 0 Å². The third-order valence-electron chi connectivity index (χ3n) is 4.63. The average Bonchev–Trinajstić information content (AvgIpc) is 3.43. The number of benzene rings is 3. The van der Waals surface area contributed by atoms with Crippen molar-refractivity contribution < 1.29 is 13.9 Å². The van der Waals surface area contributed by atoms with E-state index in [0.29, 0.717) is 11.5 Å². The summed E-state index contributed by atoms with van der Waals surface area (Å²) >= 11 is 3.60. The zero-order valence-electron chi connectivity index (χ0n) is 15.0. The number of halogens is 1. The van der Waals surface area contributed by atoms with Crippen LogP contribution in [0.25, 0.3) is 22.6 Å². The highest BCUT2D eigenvalue weighted by Crippen LogP contribution is 2.35. The molecule has 0 unspecified atom stereocenters. The van der Waals surface area contributed by atoms with Gasteiger partial charge in [-0.3, -0.25) is 0 Å². The molecular weight excluding hydrogens is 418 g/mol. The second-order valence-electron chi connectivity index (χ2n) is 6.89. The molecular formula is C23H17BrNO3. The first-order chi connectivity index (χ1) is 13.7. The summed E-state index contributed by atoms with van der Waals surface area (Å²) in [5.41, 5.74) is 2.39. The number of hydrogen-bond acceptors (Lipinski definition) is 4. The van der Waals surface area contributed by atoms with Crippen LogP contribution < -0.4 is 9.47 Å². The monoisotopic (exact) mass is 434 g/mol. The predicted octanol–water partition coefficient (Wildman–Crippen LogP) is 6.64. The Hall–Kier alpha value is -2.79.